The molecule has 0 saturated carbocycles. The number of hydrogen-bond donors (Lipinski definition) is 1. The quantitative estimate of drug-likeness (QED) is 0.862. The van der Waals surface area contributed by atoms with Gasteiger partial charge in [-0.3, -0.25) is 4.90 Å². The maximum Gasteiger partial charge on any atom is 0.241 e. The largest absolute Gasteiger partial charge is 0.461 e. The highest BCUT2D eigenvalue weighted by Crippen LogP contribution is 2.17. The summed E-state index contributed by atoms with van der Waals surface area (Å²) < 4.78 is 15.8. The molecule has 1 atom stereocenters. The van der Waals surface area contributed by atoms with Gasteiger partial charge in [0, 0.05) is 13.1 Å². The van der Waals surface area contributed by atoms with Crippen molar-refractivity contribution in [3.8, 4) is 11.6 Å². The normalized spacial score (nSPS) is 20.8. The van der Waals surface area contributed by atoms with E-state index in [4.69, 9.17) is 18.8 Å². The minimum absolute atomic E-state index is 0.0258. The van der Waals surface area contributed by atoms with E-state index in [2.05, 4.69) is 15.0 Å². The van der Waals surface area contributed by atoms with Crippen LogP contribution < -0.4 is 0 Å². The highest BCUT2D eigenvalue weighted by Gasteiger charge is 2.22. The molecule has 0 aliphatic carbocycles. The van der Waals surface area contributed by atoms with Gasteiger partial charge in [0.15, 0.2) is 5.76 Å². The summed E-state index contributed by atoms with van der Waals surface area (Å²) in [5.41, 5.74) is 0. The minimum atomic E-state index is -0.138. The Morgan fingerprint density at radius 2 is 2.42 bits per heavy atom. The third-order valence-corrected chi connectivity index (χ3v) is 3.00. The summed E-state index contributed by atoms with van der Waals surface area (Å²) in [5.74, 6) is 1.57. The molecule has 19 heavy (non-hydrogen) atoms. The Bertz CT molecular complexity index is 511. The Kier molecular flexibility index (Phi) is 3.58. The summed E-state index contributed by atoms with van der Waals surface area (Å²) in [6.07, 6.45) is 1.43. The summed E-state index contributed by atoms with van der Waals surface area (Å²) in [4.78, 5) is 6.40. The Morgan fingerprint density at radius 1 is 1.47 bits per heavy atom. The van der Waals surface area contributed by atoms with Gasteiger partial charge < -0.3 is 18.8 Å². The predicted molar refractivity (Wildman–Crippen MR) is 64.1 cm³/mol. The van der Waals surface area contributed by atoms with Gasteiger partial charge in [-0.15, -0.1) is 0 Å². The van der Waals surface area contributed by atoms with E-state index in [9.17, 15) is 0 Å². The lowest BCUT2D eigenvalue weighted by Crippen LogP contribution is -2.43. The van der Waals surface area contributed by atoms with Gasteiger partial charge in [0.05, 0.1) is 32.1 Å². The van der Waals surface area contributed by atoms with Crippen LogP contribution in [0.4, 0.5) is 0 Å². The maximum absolute atomic E-state index is 9.09. The molecule has 0 radical (unpaired) electrons. The van der Waals surface area contributed by atoms with Crippen molar-refractivity contribution in [2.45, 2.75) is 12.6 Å². The van der Waals surface area contributed by atoms with Gasteiger partial charge >= 0.3 is 0 Å². The first-order valence-corrected chi connectivity index (χ1v) is 6.16. The number of nitrogens with zero attached hydrogens (tertiary/aromatic N) is 3. The number of aliphatic hydroxyl groups excluding tert-OH is 1. The summed E-state index contributed by atoms with van der Waals surface area (Å²) in [5, 5.41) is 13.0. The van der Waals surface area contributed by atoms with Gasteiger partial charge in [-0.2, -0.15) is 4.98 Å². The molecule has 2 aromatic rings. The zero-order valence-electron chi connectivity index (χ0n) is 10.4. The molecule has 0 amide bonds. The van der Waals surface area contributed by atoms with Crippen molar-refractivity contribution in [2.75, 3.05) is 26.3 Å². The fourth-order valence-corrected chi connectivity index (χ4v) is 2.05. The molecule has 7 nitrogen and oxygen atoms in total. The first kappa shape index (κ1) is 12.3. The Balaban J connectivity index is 1.64. The second-order valence-electron chi connectivity index (χ2n) is 4.40. The number of aliphatic hydroxyl groups is 1. The molecule has 0 bridgehead atoms. The lowest BCUT2D eigenvalue weighted by atomic mass is 10.3. The van der Waals surface area contributed by atoms with E-state index in [0.717, 1.165) is 6.54 Å². The summed E-state index contributed by atoms with van der Waals surface area (Å²) in [6.45, 7) is 2.62. The molecule has 102 valence electrons. The Hall–Kier alpha value is -1.70. The number of aromatic nitrogens is 2. The second kappa shape index (κ2) is 5.52. The molecule has 7 heteroatoms. The van der Waals surface area contributed by atoms with Crippen LogP contribution in [0.5, 0.6) is 0 Å². The van der Waals surface area contributed by atoms with Gasteiger partial charge in [0.1, 0.15) is 0 Å². The van der Waals surface area contributed by atoms with Crippen molar-refractivity contribution < 1.29 is 18.8 Å². The Morgan fingerprint density at radius 3 is 3.21 bits per heavy atom. The molecular formula is C12H15N3O4. The SMILES string of the molecule is OCC1CN(Cc2nc(-c3ccco3)no2)CCO1. The van der Waals surface area contributed by atoms with Crippen LogP contribution >= 0.6 is 0 Å². The van der Waals surface area contributed by atoms with Gasteiger partial charge in [-0.05, 0) is 12.1 Å². The zero-order valence-corrected chi connectivity index (χ0v) is 10.4. The molecule has 3 heterocycles. The monoisotopic (exact) mass is 265 g/mol. The van der Waals surface area contributed by atoms with Crippen LogP contribution in [0.25, 0.3) is 11.6 Å². The first-order chi connectivity index (χ1) is 9.35. The first-order valence-electron chi connectivity index (χ1n) is 6.16. The standard InChI is InChI=1S/C12H15N3O4/c16-8-9-6-15(3-5-17-9)7-11-13-12(14-19-11)10-2-1-4-18-10/h1-2,4,9,16H,3,5-8H2. The third-order valence-electron chi connectivity index (χ3n) is 3.00. The number of morpholine rings is 1. The smallest absolute Gasteiger partial charge is 0.241 e. The summed E-state index contributed by atoms with van der Waals surface area (Å²) in [6, 6.07) is 3.56. The predicted octanol–water partition coefficient (Wildman–Crippen LogP) is 0.523. The van der Waals surface area contributed by atoms with E-state index in [0.29, 0.717) is 37.2 Å². The molecule has 1 unspecified atom stereocenters. The lowest BCUT2D eigenvalue weighted by Gasteiger charge is -2.30. The summed E-state index contributed by atoms with van der Waals surface area (Å²) in [7, 11) is 0. The molecule has 1 aliphatic heterocycles. The molecule has 0 spiro atoms. The van der Waals surface area contributed by atoms with Gasteiger partial charge in [-0.25, -0.2) is 0 Å². The van der Waals surface area contributed by atoms with Gasteiger partial charge in [-0.1, -0.05) is 5.16 Å². The number of hydrogen-bond acceptors (Lipinski definition) is 7. The fraction of sp³-hybridized carbons (Fsp3) is 0.500. The van der Waals surface area contributed by atoms with Crippen LogP contribution in [0.2, 0.25) is 0 Å². The average Bonchev–Trinajstić information content (AvgIpc) is 3.09. The van der Waals surface area contributed by atoms with Crippen LogP contribution in [0.15, 0.2) is 27.3 Å². The third kappa shape index (κ3) is 2.83. The van der Waals surface area contributed by atoms with Crippen LogP contribution in [0, 0.1) is 0 Å². The number of ether oxygens (including phenoxy) is 1. The maximum atomic E-state index is 9.09. The van der Waals surface area contributed by atoms with Gasteiger partial charge in [0.2, 0.25) is 11.7 Å². The second-order valence-corrected chi connectivity index (χ2v) is 4.40. The molecule has 1 N–H and O–H groups in total. The van der Waals surface area contributed by atoms with Crippen molar-refractivity contribution in [1.82, 2.24) is 15.0 Å². The van der Waals surface area contributed by atoms with E-state index in [-0.39, 0.29) is 12.7 Å². The molecule has 1 fully saturated rings. The van der Waals surface area contributed by atoms with Crippen molar-refractivity contribution in [3.05, 3.63) is 24.3 Å². The molecular weight excluding hydrogens is 250 g/mol. The van der Waals surface area contributed by atoms with E-state index in [1.807, 2.05) is 0 Å². The minimum Gasteiger partial charge on any atom is -0.461 e. The molecule has 1 saturated heterocycles. The van der Waals surface area contributed by atoms with Crippen LogP contribution in [0.1, 0.15) is 5.89 Å². The van der Waals surface area contributed by atoms with Crippen LogP contribution in [-0.4, -0.2) is 52.6 Å². The van der Waals surface area contributed by atoms with Crippen molar-refractivity contribution >= 4 is 0 Å². The average molecular weight is 265 g/mol. The lowest BCUT2D eigenvalue weighted by molar-refractivity contribution is -0.0571. The van der Waals surface area contributed by atoms with Crippen molar-refractivity contribution in [1.29, 1.82) is 0 Å². The molecule has 1 aliphatic rings. The molecule has 2 aromatic heterocycles. The molecule has 3 rings (SSSR count). The van der Waals surface area contributed by atoms with E-state index in [1.165, 1.54) is 0 Å². The van der Waals surface area contributed by atoms with Crippen molar-refractivity contribution in [3.63, 3.8) is 0 Å². The highest BCUT2D eigenvalue weighted by molar-refractivity contribution is 5.44. The zero-order chi connectivity index (χ0) is 13.1. The topological polar surface area (TPSA) is 84.8 Å². The number of rotatable bonds is 4. The Labute approximate surface area is 109 Å². The molecule has 0 aromatic carbocycles. The van der Waals surface area contributed by atoms with Crippen LogP contribution in [-0.2, 0) is 11.3 Å². The van der Waals surface area contributed by atoms with Crippen molar-refractivity contribution in [2.24, 2.45) is 0 Å². The van der Waals surface area contributed by atoms with E-state index < -0.39 is 0 Å². The van der Waals surface area contributed by atoms with Gasteiger partial charge in [0.25, 0.3) is 0 Å². The number of furan rings is 1. The fourth-order valence-electron chi connectivity index (χ4n) is 2.05. The van der Waals surface area contributed by atoms with Crippen LogP contribution in [0.3, 0.4) is 0 Å². The van der Waals surface area contributed by atoms with E-state index >= 15 is 0 Å². The summed E-state index contributed by atoms with van der Waals surface area (Å²) >= 11 is 0. The van der Waals surface area contributed by atoms with E-state index in [1.54, 1.807) is 18.4 Å². The highest BCUT2D eigenvalue weighted by atomic mass is 16.5.